The van der Waals surface area contributed by atoms with E-state index in [1.165, 1.54) is 31.1 Å². The first-order chi connectivity index (χ1) is 13.0. The average Bonchev–Trinajstić information content (AvgIpc) is 2.66. The summed E-state index contributed by atoms with van der Waals surface area (Å²) < 4.78 is 23.9. The zero-order valence-corrected chi connectivity index (χ0v) is 15.1. The number of fused-ring (bicyclic) bond motifs is 1. The Hall–Kier alpha value is -3.15. The highest BCUT2D eigenvalue weighted by Gasteiger charge is 2.28. The predicted octanol–water partition coefficient (Wildman–Crippen LogP) is 3.84. The van der Waals surface area contributed by atoms with Gasteiger partial charge in [-0.3, -0.25) is 9.59 Å². The molecule has 2 aromatic carbocycles. The fourth-order valence-corrected chi connectivity index (χ4v) is 3.09. The lowest BCUT2D eigenvalue weighted by Gasteiger charge is -2.32. The molecule has 140 valence electrons. The third-order valence-corrected chi connectivity index (χ3v) is 4.45. The molecule has 3 rings (SSSR count). The molecule has 0 aromatic heterocycles. The number of rotatable bonds is 5. The van der Waals surface area contributed by atoms with Crippen molar-refractivity contribution in [3.05, 3.63) is 71.2 Å². The molecule has 27 heavy (non-hydrogen) atoms. The SMILES string of the molecule is COc1ccc(COC(=O)C[C@@H]2c3ccccc3C=CN2C(C)=O)cc1F. The van der Waals surface area contributed by atoms with Crippen LogP contribution in [0.15, 0.2) is 48.7 Å². The Morgan fingerprint density at radius 3 is 2.67 bits per heavy atom. The quantitative estimate of drug-likeness (QED) is 0.752. The van der Waals surface area contributed by atoms with E-state index in [0.717, 1.165) is 11.1 Å². The summed E-state index contributed by atoms with van der Waals surface area (Å²) in [5.74, 6) is -1.00. The van der Waals surface area contributed by atoms with Crippen molar-refractivity contribution in [3.63, 3.8) is 0 Å². The number of benzene rings is 2. The number of amides is 1. The van der Waals surface area contributed by atoms with Crippen LogP contribution in [0.5, 0.6) is 5.75 Å². The second kappa shape index (κ2) is 8.03. The monoisotopic (exact) mass is 369 g/mol. The van der Waals surface area contributed by atoms with Crippen LogP contribution in [0.25, 0.3) is 6.08 Å². The Balaban J connectivity index is 1.69. The Morgan fingerprint density at radius 2 is 1.96 bits per heavy atom. The van der Waals surface area contributed by atoms with Gasteiger partial charge < -0.3 is 14.4 Å². The molecule has 0 saturated carbocycles. The number of carbonyl (C=O) groups excluding carboxylic acids is 2. The summed E-state index contributed by atoms with van der Waals surface area (Å²) >= 11 is 0. The Morgan fingerprint density at radius 1 is 1.19 bits per heavy atom. The third-order valence-electron chi connectivity index (χ3n) is 4.45. The van der Waals surface area contributed by atoms with Crippen LogP contribution in [-0.2, 0) is 20.9 Å². The number of halogens is 1. The van der Waals surface area contributed by atoms with Gasteiger partial charge in [-0.2, -0.15) is 0 Å². The van der Waals surface area contributed by atoms with Crippen LogP contribution in [0.1, 0.15) is 36.1 Å². The normalized spacial score (nSPS) is 15.2. The van der Waals surface area contributed by atoms with Crippen molar-refractivity contribution in [2.24, 2.45) is 0 Å². The molecule has 0 radical (unpaired) electrons. The molecule has 0 bridgehead atoms. The first kappa shape index (κ1) is 18.6. The van der Waals surface area contributed by atoms with Crippen molar-refractivity contribution in [1.82, 2.24) is 4.90 Å². The van der Waals surface area contributed by atoms with E-state index in [1.54, 1.807) is 12.3 Å². The van der Waals surface area contributed by atoms with Crippen molar-refractivity contribution in [3.8, 4) is 5.75 Å². The van der Waals surface area contributed by atoms with E-state index in [1.807, 2.05) is 30.3 Å². The van der Waals surface area contributed by atoms with Gasteiger partial charge in [0, 0.05) is 13.1 Å². The Labute approximate surface area is 157 Å². The van der Waals surface area contributed by atoms with Gasteiger partial charge in [-0.15, -0.1) is 0 Å². The highest BCUT2D eigenvalue weighted by Crippen LogP contribution is 2.33. The zero-order chi connectivity index (χ0) is 19.4. The van der Waals surface area contributed by atoms with Gasteiger partial charge in [-0.1, -0.05) is 30.3 Å². The fraction of sp³-hybridized carbons (Fsp3) is 0.238. The zero-order valence-electron chi connectivity index (χ0n) is 15.1. The van der Waals surface area contributed by atoms with Gasteiger partial charge in [0.15, 0.2) is 11.6 Å². The molecule has 0 unspecified atom stereocenters. The van der Waals surface area contributed by atoms with Gasteiger partial charge in [0.1, 0.15) is 6.61 Å². The maximum absolute atomic E-state index is 13.7. The number of methoxy groups -OCH3 is 1. The number of esters is 1. The number of hydrogen-bond donors (Lipinski definition) is 0. The molecule has 2 aromatic rings. The molecular formula is C21H20FNO4. The minimum Gasteiger partial charge on any atom is -0.494 e. The standard InChI is InChI=1S/C21H20FNO4/c1-14(24)23-10-9-16-5-3-4-6-17(16)19(23)12-21(25)27-13-15-7-8-20(26-2)18(22)11-15/h3-11,19H,12-13H2,1-2H3/t19-/m1/s1. The van der Waals surface area contributed by atoms with Gasteiger partial charge in [0.2, 0.25) is 5.91 Å². The van der Waals surface area contributed by atoms with E-state index in [0.29, 0.717) is 5.56 Å². The van der Waals surface area contributed by atoms with Crippen LogP contribution in [0.4, 0.5) is 4.39 Å². The summed E-state index contributed by atoms with van der Waals surface area (Å²) in [6.07, 6.45) is 3.54. The Kier molecular flexibility index (Phi) is 5.54. The van der Waals surface area contributed by atoms with Gasteiger partial charge in [0.05, 0.1) is 19.6 Å². The van der Waals surface area contributed by atoms with E-state index in [4.69, 9.17) is 9.47 Å². The first-order valence-electron chi connectivity index (χ1n) is 8.53. The van der Waals surface area contributed by atoms with Gasteiger partial charge in [-0.05, 0) is 34.9 Å². The van der Waals surface area contributed by atoms with E-state index in [-0.39, 0.29) is 24.7 Å². The van der Waals surface area contributed by atoms with Crippen LogP contribution in [-0.4, -0.2) is 23.9 Å². The predicted molar refractivity (Wildman–Crippen MR) is 98.1 cm³/mol. The molecule has 5 nitrogen and oxygen atoms in total. The molecular weight excluding hydrogens is 349 g/mol. The van der Waals surface area contributed by atoms with Crippen molar-refractivity contribution >= 4 is 18.0 Å². The van der Waals surface area contributed by atoms with E-state index in [2.05, 4.69) is 0 Å². The maximum atomic E-state index is 13.7. The van der Waals surface area contributed by atoms with Crippen molar-refractivity contribution in [2.45, 2.75) is 26.0 Å². The average molecular weight is 369 g/mol. The minimum atomic E-state index is -0.514. The van der Waals surface area contributed by atoms with Crippen LogP contribution in [0.3, 0.4) is 0 Å². The summed E-state index contributed by atoms with van der Waals surface area (Å²) in [7, 11) is 1.38. The molecule has 1 aliphatic heterocycles. The molecule has 1 atom stereocenters. The summed E-state index contributed by atoms with van der Waals surface area (Å²) in [5.41, 5.74) is 2.38. The fourth-order valence-electron chi connectivity index (χ4n) is 3.09. The number of carbonyl (C=O) groups is 2. The summed E-state index contributed by atoms with van der Waals surface area (Å²) in [4.78, 5) is 25.8. The second-order valence-electron chi connectivity index (χ2n) is 6.22. The second-order valence-corrected chi connectivity index (χ2v) is 6.22. The summed E-state index contributed by atoms with van der Waals surface area (Å²) in [6, 6.07) is 11.6. The van der Waals surface area contributed by atoms with Crippen molar-refractivity contribution in [2.75, 3.05) is 7.11 Å². The molecule has 0 spiro atoms. The molecule has 1 aliphatic rings. The number of hydrogen-bond acceptors (Lipinski definition) is 4. The van der Waals surface area contributed by atoms with Gasteiger partial charge in [0.25, 0.3) is 0 Å². The lowest BCUT2D eigenvalue weighted by Crippen LogP contribution is -2.32. The Bertz CT molecular complexity index is 894. The van der Waals surface area contributed by atoms with Crippen molar-refractivity contribution in [1.29, 1.82) is 0 Å². The lowest BCUT2D eigenvalue weighted by atomic mass is 9.94. The van der Waals surface area contributed by atoms with Gasteiger partial charge >= 0.3 is 5.97 Å². The lowest BCUT2D eigenvalue weighted by molar-refractivity contribution is -0.146. The smallest absolute Gasteiger partial charge is 0.308 e. The maximum Gasteiger partial charge on any atom is 0.308 e. The molecule has 1 amide bonds. The third kappa shape index (κ3) is 4.16. The molecule has 0 aliphatic carbocycles. The summed E-state index contributed by atoms with van der Waals surface area (Å²) in [6.45, 7) is 1.40. The van der Waals surface area contributed by atoms with Crippen LogP contribution >= 0.6 is 0 Å². The highest BCUT2D eigenvalue weighted by molar-refractivity contribution is 5.80. The van der Waals surface area contributed by atoms with Gasteiger partial charge in [-0.25, -0.2) is 4.39 Å². The number of ether oxygens (including phenoxy) is 2. The minimum absolute atomic E-state index is 0.0135. The van der Waals surface area contributed by atoms with Crippen LogP contribution in [0, 0.1) is 5.82 Å². The molecule has 0 saturated heterocycles. The topological polar surface area (TPSA) is 55.8 Å². The van der Waals surface area contributed by atoms with Crippen LogP contribution in [0.2, 0.25) is 0 Å². The first-order valence-corrected chi connectivity index (χ1v) is 8.53. The van der Waals surface area contributed by atoms with E-state index >= 15 is 0 Å². The van der Waals surface area contributed by atoms with E-state index in [9.17, 15) is 14.0 Å². The van der Waals surface area contributed by atoms with E-state index < -0.39 is 17.8 Å². The van der Waals surface area contributed by atoms with Crippen LogP contribution < -0.4 is 4.74 Å². The molecule has 1 heterocycles. The largest absolute Gasteiger partial charge is 0.494 e. The van der Waals surface area contributed by atoms with Crippen molar-refractivity contribution < 1.29 is 23.5 Å². The summed E-state index contributed by atoms with van der Waals surface area (Å²) in [5, 5.41) is 0. The number of nitrogens with zero attached hydrogens (tertiary/aromatic N) is 1. The molecule has 0 N–H and O–H groups in total. The molecule has 6 heteroatoms. The molecule has 0 fully saturated rings. The highest BCUT2D eigenvalue weighted by atomic mass is 19.1.